The molecule has 0 radical (unpaired) electrons. The van der Waals surface area contributed by atoms with Crippen molar-refractivity contribution in [3.05, 3.63) is 58.4 Å². The Bertz CT molecular complexity index is 1330. The van der Waals surface area contributed by atoms with E-state index in [1.165, 1.54) is 31.6 Å². The number of benzene rings is 2. The Balaban J connectivity index is 1.12. The van der Waals surface area contributed by atoms with Crippen molar-refractivity contribution < 1.29 is 13.5 Å². The van der Waals surface area contributed by atoms with Crippen LogP contribution in [0.25, 0.3) is 5.69 Å². The maximum absolute atomic E-state index is 14.4. The zero-order valence-corrected chi connectivity index (χ0v) is 20.1. The Kier molecular flexibility index (Phi) is 4.61. The first kappa shape index (κ1) is 21.4. The Hall–Kier alpha value is -2.91. The summed E-state index contributed by atoms with van der Waals surface area (Å²) in [5.41, 5.74) is 2.72. The van der Waals surface area contributed by atoms with Gasteiger partial charge < -0.3 is 14.5 Å². The van der Waals surface area contributed by atoms with Crippen molar-refractivity contribution in [2.24, 2.45) is 5.41 Å². The van der Waals surface area contributed by atoms with E-state index in [9.17, 15) is 8.78 Å². The molecule has 4 aliphatic rings. The fourth-order valence-corrected chi connectivity index (χ4v) is 6.06. The quantitative estimate of drug-likeness (QED) is 0.542. The lowest BCUT2D eigenvalue weighted by atomic mass is 9.72. The molecule has 1 aromatic heterocycles. The van der Waals surface area contributed by atoms with Gasteiger partial charge in [-0.15, -0.1) is 10.2 Å². The van der Waals surface area contributed by atoms with Gasteiger partial charge in [-0.2, -0.15) is 0 Å². The van der Waals surface area contributed by atoms with Crippen molar-refractivity contribution >= 4 is 23.2 Å². The Labute approximate surface area is 206 Å². The molecule has 1 saturated carbocycles. The number of rotatable bonds is 4. The van der Waals surface area contributed by atoms with Gasteiger partial charge in [-0.3, -0.25) is 9.47 Å². The van der Waals surface area contributed by atoms with E-state index in [2.05, 4.69) is 36.7 Å². The van der Waals surface area contributed by atoms with Crippen molar-refractivity contribution in [1.29, 1.82) is 0 Å². The number of hydrogen-bond acceptors (Lipinski definition) is 6. The maximum atomic E-state index is 14.4. The SMILES string of the molecule is COc1cc(N2CC3(C2)CN(c2nnc4n2-c2ccc(Cl)cc2CN(C2CC2)C4)C3)c(F)cc1F. The maximum Gasteiger partial charge on any atom is 0.231 e. The second-order valence-corrected chi connectivity index (χ2v) is 10.7. The lowest BCUT2D eigenvalue weighted by Crippen LogP contribution is -2.73. The first-order valence-electron chi connectivity index (χ1n) is 11.9. The summed E-state index contributed by atoms with van der Waals surface area (Å²) in [5, 5.41) is 9.91. The highest BCUT2D eigenvalue weighted by molar-refractivity contribution is 6.30. The van der Waals surface area contributed by atoms with Gasteiger partial charge in [0.15, 0.2) is 17.4 Å². The zero-order valence-electron chi connectivity index (χ0n) is 19.3. The summed E-state index contributed by atoms with van der Waals surface area (Å²) < 4.78 is 35.4. The molecule has 0 amide bonds. The minimum Gasteiger partial charge on any atom is -0.494 e. The van der Waals surface area contributed by atoms with Crippen molar-refractivity contribution in [2.45, 2.75) is 32.0 Å². The van der Waals surface area contributed by atoms with Gasteiger partial charge in [-0.1, -0.05) is 11.6 Å². The van der Waals surface area contributed by atoms with Gasteiger partial charge in [0.2, 0.25) is 5.95 Å². The van der Waals surface area contributed by atoms with Gasteiger partial charge in [0.1, 0.15) is 5.82 Å². The summed E-state index contributed by atoms with van der Waals surface area (Å²) >= 11 is 6.35. The van der Waals surface area contributed by atoms with Gasteiger partial charge in [0.25, 0.3) is 0 Å². The van der Waals surface area contributed by atoms with E-state index in [0.717, 1.165) is 54.7 Å². The fraction of sp³-hybridized carbons (Fsp3) is 0.440. The highest BCUT2D eigenvalue weighted by Crippen LogP contribution is 2.46. The minimum absolute atomic E-state index is 0.0581. The van der Waals surface area contributed by atoms with Crippen molar-refractivity contribution in [2.75, 3.05) is 43.1 Å². The Morgan fingerprint density at radius 2 is 1.71 bits per heavy atom. The first-order valence-corrected chi connectivity index (χ1v) is 12.3. The third kappa shape index (κ3) is 3.39. The van der Waals surface area contributed by atoms with Crippen LogP contribution >= 0.6 is 11.6 Å². The fourth-order valence-electron chi connectivity index (χ4n) is 5.87. The second-order valence-electron chi connectivity index (χ2n) is 10.3. The number of fused-ring (bicyclic) bond motifs is 3. The number of anilines is 2. The average molecular weight is 499 g/mol. The van der Waals surface area contributed by atoms with Crippen LogP contribution in [0, 0.1) is 17.0 Å². The normalized spacial score (nSPS) is 20.7. The summed E-state index contributed by atoms with van der Waals surface area (Å²) in [6.45, 7) is 4.67. The van der Waals surface area contributed by atoms with Gasteiger partial charge in [-0.05, 0) is 36.6 Å². The molecule has 2 aromatic carbocycles. The van der Waals surface area contributed by atoms with Gasteiger partial charge in [-0.25, -0.2) is 8.78 Å². The van der Waals surface area contributed by atoms with Crippen molar-refractivity contribution in [1.82, 2.24) is 19.7 Å². The summed E-state index contributed by atoms with van der Waals surface area (Å²) in [6, 6.07) is 8.99. The largest absolute Gasteiger partial charge is 0.494 e. The molecule has 3 aliphatic heterocycles. The van der Waals surface area contributed by atoms with Crippen LogP contribution < -0.4 is 14.5 Å². The molecule has 10 heteroatoms. The average Bonchev–Trinajstić information content (AvgIpc) is 3.56. The zero-order chi connectivity index (χ0) is 23.9. The predicted octanol–water partition coefficient (Wildman–Crippen LogP) is 4.01. The molecule has 35 heavy (non-hydrogen) atoms. The summed E-state index contributed by atoms with van der Waals surface area (Å²) in [6.07, 6.45) is 2.45. The molecule has 3 fully saturated rings. The minimum atomic E-state index is -0.687. The molecule has 7 nitrogen and oxygen atoms in total. The molecule has 1 aliphatic carbocycles. The molecule has 0 bridgehead atoms. The number of aromatic nitrogens is 3. The first-order chi connectivity index (χ1) is 16.9. The van der Waals surface area contributed by atoms with Crippen LogP contribution in [0.3, 0.4) is 0 Å². The number of halogens is 3. The molecule has 1 spiro atoms. The lowest BCUT2D eigenvalue weighted by molar-refractivity contribution is 0.153. The molecule has 0 N–H and O–H groups in total. The number of hydrogen-bond donors (Lipinski definition) is 0. The van der Waals surface area contributed by atoms with E-state index in [4.69, 9.17) is 16.3 Å². The molecule has 2 saturated heterocycles. The molecular weight excluding hydrogens is 474 g/mol. The summed E-state index contributed by atoms with van der Waals surface area (Å²) in [5.74, 6) is 0.605. The summed E-state index contributed by atoms with van der Waals surface area (Å²) in [4.78, 5) is 6.67. The monoisotopic (exact) mass is 498 g/mol. The van der Waals surface area contributed by atoms with E-state index >= 15 is 0 Å². The highest BCUT2D eigenvalue weighted by atomic mass is 35.5. The van der Waals surface area contributed by atoms with Gasteiger partial charge in [0, 0.05) is 61.3 Å². The molecule has 3 aromatic rings. The number of methoxy groups -OCH3 is 1. The number of nitrogens with zero attached hydrogens (tertiary/aromatic N) is 6. The van der Waals surface area contributed by atoms with E-state index in [-0.39, 0.29) is 11.2 Å². The van der Waals surface area contributed by atoms with Crippen molar-refractivity contribution in [3.63, 3.8) is 0 Å². The van der Waals surface area contributed by atoms with Crippen LogP contribution in [0.1, 0.15) is 24.2 Å². The van der Waals surface area contributed by atoms with Crippen LogP contribution in [-0.2, 0) is 13.1 Å². The lowest BCUT2D eigenvalue weighted by Gasteiger charge is -2.61. The van der Waals surface area contributed by atoms with Crippen LogP contribution in [0.5, 0.6) is 5.75 Å². The molecule has 0 unspecified atom stereocenters. The van der Waals surface area contributed by atoms with Crippen LogP contribution in [0.2, 0.25) is 5.02 Å². The van der Waals surface area contributed by atoms with E-state index in [0.29, 0.717) is 24.8 Å². The molecule has 182 valence electrons. The molecule has 4 heterocycles. The number of ether oxygens (including phenoxy) is 1. The Morgan fingerprint density at radius 1 is 0.943 bits per heavy atom. The van der Waals surface area contributed by atoms with Crippen LogP contribution in [-0.4, -0.2) is 59.0 Å². The molecule has 0 atom stereocenters. The van der Waals surface area contributed by atoms with Crippen molar-refractivity contribution in [3.8, 4) is 11.4 Å². The van der Waals surface area contributed by atoms with E-state index < -0.39 is 11.6 Å². The van der Waals surface area contributed by atoms with Crippen LogP contribution in [0.15, 0.2) is 30.3 Å². The standard InChI is InChI=1S/C25H25ClF2N6O/c1-35-22-8-21(18(27)7-19(22)28)32-11-25(12-32)13-33(14-25)24-30-29-23-10-31(17-3-4-17)9-15-6-16(26)2-5-20(15)34(23)24/h2,5-8,17H,3-4,9-14H2,1H3. The highest BCUT2D eigenvalue weighted by Gasteiger charge is 2.53. The summed E-state index contributed by atoms with van der Waals surface area (Å²) in [7, 11) is 1.39. The van der Waals surface area contributed by atoms with E-state index in [1.54, 1.807) is 0 Å². The topological polar surface area (TPSA) is 49.7 Å². The van der Waals surface area contributed by atoms with E-state index in [1.807, 2.05) is 11.0 Å². The second kappa shape index (κ2) is 7.54. The third-order valence-corrected chi connectivity index (χ3v) is 7.96. The van der Waals surface area contributed by atoms with Gasteiger partial charge in [0.05, 0.1) is 25.0 Å². The third-order valence-electron chi connectivity index (χ3n) is 7.73. The molecular formula is C25H25ClF2N6O. The molecule has 7 rings (SSSR count). The van der Waals surface area contributed by atoms with Crippen LogP contribution in [0.4, 0.5) is 20.4 Å². The smallest absolute Gasteiger partial charge is 0.231 e. The Morgan fingerprint density at radius 3 is 2.46 bits per heavy atom. The van der Waals surface area contributed by atoms with Gasteiger partial charge >= 0.3 is 0 Å². The predicted molar refractivity (Wildman–Crippen MR) is 128 cm³/mol.